The summed E-state index contributed by atoms with van der Waals surface area (Å²) < 4.78 is 2.80. The van der Waals surface area contributed by atoms with Gasteiger partial charge in [0.05, 0.1) is 31.8 Å². The van der Waals surface area contributed by atoms with Crippen molar-refractivity contribution in [2.45, 2.75) is 19.1 Å². The highest BCUT2D eigenvalue weighted by molar-refractivity contribution is 9.10. The van der Waals surface area contributed by atoms with Gasteiger partial charge in [-0.05, 0) is 17.7 Å². The number of amides is 1. The molecule has 20 heavy (non-hydrogen) atoms. The number of β-amino-alcohol motifs (C(OH)–C–C–N with tert-alkyl or cyclic N) is 1. The first-order valence-corrected chi connectivity index (χ1v) is 7.17. The molecule has 2 heterocycles. The van der Waals surface area contributed by atoms with E-state index in [0.29, 0.717) is 13.1 Å². The lowest BCUT2D eigenvalue weighted by Gasteiger charge is -2.17. The number of aliphatic hydroxyl groups is 1. The van der Waals surface area contributed by atoms with Gasteiger partial charge in [0.2, 0.25) is 5.91 Å². The molecule has 1 atom stereocenters. The summed E-state index contributed by atoms with van der Waals surface area (Å²) in [6, 6.07) is 9.77. The SMILES string of the molecule is O=C1CC(O)CN1c1ccnn1Cc1ccc(Br)cc1. The molecule has 3 rings (SSSR count). The van der Waals surface area contributed by atoms with E-state index in [1.165, 1.54) is 0 Å². The first-order valence-electron chi connectivity index (χ1n) is 6.38. The van der Waals surface area contributed by atoms with Crippen LogP contribution in [0.5, 0.6) is 0 Å². The Hall–Kier alpha value is -1.66. The maximum Gasteiger partial charge on any atom is 0.230 e. The molecule has 1 aliphatic heterocycles. The number of carbonyl (C=O) groups excluding carboxylic acids is 1. The average molecular weight is 336 g/mol. The molecule has 1 N–H and O–H groups in total. The van der Waals surface area contributed by atoms with E-state index in [-0.39, 0.29) is 12.3 Å². The standard InChI is InChI=1S/C14H14BrN3O2/c15-11-3-1-10(2-4-11)8-18-13(5-6-16-18)17-9-12(19)7-14(17)20/h1-6,12,19H,7-9H2. The van der Waals surface area contributed by atoms with E-state index in [2.05, 4.69) is 21.0 Å². The number of aliphatic hydroxyl groups excluding tert-OH is 1. The van der Waals surface area contributed by atoms with E-state index in [1.54, 1.807) is 21.8 Å². The minimum absolute atomic E-state index is 0.0601. The van der Waals surface area contributed by atoms with E-state index < -0.39 is 6.10 Å². The molecule has 1 aromatic carbocycles. The summed E-state index contributed by atoms with van der Waals surface area (Å²) in [7, 11) is 0. The van der Waals surface area contributed by atoms with Crippen LogP contribution in [0, 0.1) is 0 Å². The lowest BCUT2D eigenvalue weighted by Crippen LogP contribution is -2.28. The first-order chi connectivity index (χ1) is 9.63. The van der Waals surface area contributed by atoms with E-state index in [0.717, 1.165) is 15.9 Å². The molecule has 0 spiro atoms. The molecule has 0 saturated carbocycles. The van der Waals surface area contributed by atoms with Gasteiger partial charge in [-0.2, -0.15) is 5.10 Å². The summed E-state index contributed by atoms with van der Waals surface area (Å²) in [6.45, 7) is 0.931. The van der Waals surface area contributed by atoms with Crippen molar-refractivity contribution in [2.75, 3.05) is 11.4 Å². The fourth-order valence-corrected chi connectivity index (χ4v) is 2.61. The molecule has 1 fully saturated rings. The number of benzene rings is 1. The summed E-state index contributed by atoms with van der Waals surface area (Å²) in [5.41, 5.74) is 1.10. The van der Waals surface area contributed by atoms with Crippen LogP contribution in [0.25, 0.3) is 0 Å². The molecule has 0 bridgehead atoms. The molecule has 104 valence electrons. The Morgan fingerprint density at radius 1 is 1.30 bits per heavy atom. The number of nitrogens with zero attached hydrogens (tertiary/aromatic N) is 3. The zero-order chi connectivity index (χ0) is 14.1. The normalized spacial score (nSPS) is 18.8. The van der Waals surface area contributed by atoms with E-state index in [9.17, 15) is 9.90 Å². The van der Waals surface area contributed by atoms with Gasteiger partial charge in [0.25, 0.3) is 0 Å². The molecular formula is C14H14BrN3O2. The van der Waals surface area contributed by atoms with E-state index in [1.807, 2.05) is 24.3 Å². The van der Waals surface area contributed by atoms with Crippen LogP contribution < -0.4 is 4.90 Å². The monoisotopic (exact) mass is 335 g/mol. The van der Waals surface area contributed by atoms with Gasteiger partial charge in [-0.3, -0.25) is 9.69 Å². The van der Waals surface area contributed by atoms with Crippen molar-refractivity contribution in [1.82, 2.24) is 9.78 Å². The summed E-state index contributed by atoms with van der Waals surface area (Å²) in [5.74, 6) is 0.671. The maximum absolute atomic E-state index is 11.9. The van der Waals surface area contributed by atoms with Gasteiger partial charge in [0.1, 0.15) is 5.82 Å². The van der Waals surface area contributed by atoms with Crippen molar-refractivity contribution in [3.8, 4) is 0 Å². The number of hydrogen-bond donors (Lipinski definition) is 1. The smallest absolute Gasteiger partial charge is 0.230 e. The van der Waals surface area contributed by atoms with Gasteiger partial charge >= 0.3 is 0 Å². The molecule has 1 amide bonds. The number of aromatic nitrogens is 2. The molecule has 1 aromatic heterocycles. The molecule has 5 nitrogen and oxygen atoms in total. The zero-order valence-corrected chi connectivity index (χ0v) is 12.3. The highest BCUT2D eigenvalue weighted by Gasteiger charge is 2.30. The van der Waals surface area contributed by atoms with Crippen LogP contribution in [0.4, 0.5) is 5.82 Å². The Morgan fingerprint density at radius 2 is 2.05 bits per heavy atom. The maximum atomic E-state index is 11.9. The van der Waals surface area contributed by atoms with Crippen LogP contribution in [0.3, 0.4) is 0 Å². The van der Waals surface area contributed by atoms with Crippen LogP contribution in [0.1, 0.15) is 12.0 Å². The van der Waals surface area contributed by atoms with Crippen molar-refractivity contribution in [3.05, 3.63) is 46.6 Å². The van der Waals surface area contributed by atoms with Crippen LogP contribution in [0.2, 0.25) is 0 Å². The van der Waals surface area contributed by atoms with Crippen molar-refractivity contribution >= 4 is 27.7 Å². The third kappa shape index (κ3) is 2.62. The highest BCUT2D eigenvalue weighted by Crippen LogP contribution is 2.22. The van der Waals surface area contributed by atoms with Gasteiger partial charge in [0, 0.05) is 10.5 Å². The third-order valence-corrected chi connectivity index (χ3v) is 3.85. The highest BCUT2D eigenvalue weighted by atomic mass is 79.9. The van der Waals surface area contributed by atoms with Crippen molar-refractivity contribution < 1.29 is 9.90 Å². The largest absolute Gasteiger partial charge is 0.391 e. The fraction of sp³-hybridized carbons (Fsp3) is 0.286. The topological polar surface area (TPSA) is 58.4 Å². The van der Waals surface area contributed by atoms with Crippen LogP contribution in [-0.4, -0.2) is 33.4 Å². The Bertz CT molecular complexity index is 624. The van der Waals surface area contributed by atoms with Gasteiger partial charge in [-0.15, -0.1) is 0 Å². The molecular weight excluding hydrogens is 322 g/mol. The number of anilines is 1. The summed E-state index contributed by atoms with van der Waals surface area (Å²) in [4.78, 5) is 13.4. The quantitative estimate of drug-likeness (QED) is 0.930. The van der Waals surface area contributed by atoms with Crippen molar-refractivity contribution in [3.63, 3.8) is 0 Å². The van der Waals surface area contributed by atoms with Crippen molar-refractivity contribution in [1.29, 1.82) is 0 Å². The molecule has 0 radical (unpaired) electrons. The molecule has 1 unspecified atom stereocenters. The van der Waals surface area contributed by atoms with Gasteiger partial charge in [-0.25, -0.2) is 4.68 Å². The molecule has 1 saturated heterocycles. The average Bonchev–Trinajstić information content (AvgIpc) is 2.98. The first kappa shape index (κ1) is 13.3. The minimum atomic E-state index is -0.585. The van der Waals surface area contributed by atoms with Crippen molar-refractivity contribution in [2.24, 2.45) is 0 Å². The number of rotatable bonds is 3. The molecule has 6 heteroatoms. The lowest BCUT2D eigenvalue weighted by atomic mass is 10.2. The van der Waals surface area contributed by atoms with Gasteiger partial charge in [-0.1, -0.05) is 28.1 Å². The summed E-state index contributed by atoms with van der Waals surface area (Å²) in [6.07, 6.45) is 1.27. The third-order valence-electron chi connectivity index (χ3n) is 3.32. The van der Waals surface area contributed by atoms with Crippen LogP contribution >= 0.6 is 15.9 Å². The van der Waals surface area contributed by atoms with Crippen LogP contribution in [-0.2, 0) is 11.3 Å². The van der Waals surface area contributed by atoms with E-state index >= 15 is 0 Å². The zero-order valence-electron chi connectivity index (χ0n) is 10.7. The Balaban J connectivity index is 1.83. The Labute approximate surface area is 124 Å². The van der Waals surface area contributed by atoms with Gasteiger partial charge < -0.3 is 5.11 Å². The predicted octanol–water partition coefficient (Wildman–Crippen LogP) is 1.79. The van der Waals surface area contributed by atoms with Crippen LogP contribution in [0.15, 0.2) is 41.0 Å². The Morgan fingerprint density at radius 3 is 2.70 bits per heavy atom. The molecule has 0 aliphatic carbocycles. The minimum Gasteiger partial charge on any atom is -0.391 e. The van der Waals surface area contributed by atoms with E-state index in [4.69, 9.17) is 0 Å². The fourth-order valence-electron chi connectivity index (χ4n) is 2.35. The lowest BCUT2D eigenvalue weighted by molar-refractivity contribution is -0.117. The second-order valence-electron chi connectivity index (χ2n) is 4.84. The molecule has 2 aromatic rings. The Kier molecular flexibility index (Phi) is 3.58. The van der Waals surface area contributed by atoms with Gasteiger partial charge in [0.15, 0.2) is 0 Å². The number of carbonyl (C=O) groups is 1. The summed E-state index contributed by atoms with van der Waals surface area (Å²) in [5, 5.41) is 13.8. The second-order valence-corrected chi connectivity index (χ2v) is 5.75. The number of halogens is 1. The summed E-state index contributed by atoms with van der Waals surface area (Å²) >= 11 is 3.40. The predicted molar refractivity (Wildman–Crippen MR) is 78.4 cm³/mol. The number of hydrogen-bond acceptors (Lipinski definition) is 3. The molecule has 1 aliphatic rings. The second kappa shape index (κ2) is 5.38.